The van der Waals surface area contributed by atoms with Gasteiger partial charge in [0, 0.05) is 18.7 Å². The van der Waals surface area contributed by atoms with Crippen molar-refractivity contribution in [3.8, 4) is 11.5 Å². The van der Waals surface area contributed by atoms with E-state index in [-0.39, 0.29) is 0 Å². The van der Waals surface area contributed by atoms with Crippen molar-refractivity contribution in [2.75, 3.05) is 20.8 Å². The number of ether oxygens (including phenoxy) is 2. The number of hydrogen-bond acceptors (Lipinski definition) is 4. The Morgan fingerprint density at radius 2 is 1.54 bits per heavy atom. The van der Waals surface area contributed by atoms with Crippen LogP contribution >= 0.6 is 0 Å². The molecule has 1 aliphatic rings. The molecule has 4 nitrogen and oxygen atoms in total. The Bertz CT molecular complexity index is 693. The number of hydrogen-bond donors (Lipinski definition) is 0. The van der Waals surface area contributed by atoms with Crippen LogP contribution in [-0.2, 0) is 6.54 Å². The van der Waals surface area contributed by atoms with Crippen LogP contribution in [0.1, 0.15) is 24.5 Å². The summed E-state index contributed by atoms with van der Waals surface area (Å²) in [5.41, 5.74) is 2.39. The molecule has 0 radical (unpaired) electrons. The molecule has 0 fully saturated rings. The molecule has 24 heavy (non-hydrogen) atoms. The summed E-state index contributed by atoms with van der Waals surface area (Å²) in [6.45, 7) is 4.04. The van der Waals surface area contributed by atoms with Crippen molar-refractivity contribution in [2.24, 2.45) is 4.99 Å². The molecule has 3 rings (SSSR count). The van der Waals surface area contributed by atoms with Gasteiger partial charge in [0.15, 0.2) is 0 Å². The summed E-state index contributed by atoms with van der Waals surface area (Å²) >= 11 is 0. The molecule has 4 heteroatoms. The number of benzene rings is 2. The second-order valence-corrected chi connectivity index (χ2v) is 6.09. The summed E-state index contributed by atoms with van der Waals surface area (Å²) in [5.74, 6) is 2.81. The average molecular weight is 324 g/mol. The molecule has 0 bridgehead atoms. The van der Waals surface area contributed by atoms with E-state index in [1.54, 1.807) is 14.2 Å². The molecule has 0 saturated heterocycles. The molecule has 1 unspecified atom stereocenters. The van der Waals surface area contributed by atoms with E-state index < -0.39 is 0 Å². The zero-order chi connectivity index (χ0) is 16.9. The standard InChI is InChI=1S/C20H24N2O2/c1-15-12-13-22(14-16-4-8-18(23-2)9-5-16)20(21-15)17-6-10-19(24-3)11-7-17/h4-11,15H,12-14H2,1-3H3. The molecule has 0 spiro atoms. The van der Waals surface area contributed by atoms with Gasteiger partial charge in [-0.25, -0.2) is 0 Å². The molecular weight excluding hydrogens is 300 g/mol. The smallest absolute Gasteiger partial charge is 0.131 e. The number of methoxy groups -OCH3 is 2. The Labute approximate surface area is 143 Å². The third-order valence-electron chi connectivity index (χ3n) is 4.34. The van der Waals surface area contributed by atoms with Gasteiger partial charge in [0.1, 0.15) is 17.3 Å². The van der Waals surface area contributed by atoms with Crippen LogP contribution in [0.4, 0.5) is 0 Å². The van der Waals surface area contributed by atoms with E-state index in [1.165, 1.54) is 5.56 Å². The Morgan fingerprint density at radius 3 is 2.12 bits per heavy atom. The lowest BCUT2D eigenvalue weighted by atomic mass is 10.1. The highest BCUT2D eigenvalue weighted by atomic mass is 16.5. The number of amidine groups is 1. The summed E-state index contributed by atoms with van der Waals surface area (Å²) in [7, 11) is 3.38. The van der Waals surface area contributed by atoms with Crippen LogP contribution in [0.5, 0.6) is 11.5 Å². The summed E-state index contributed by atoms with van der Waals surface area (Å²) in [6, 6.07) is 16.7. The minimum absolute atomic E-state index is 0.356. The summed E-state index contributed by atoms with van der Waals surface area (Å²) in [6.07, 6.45) is 1.08. The molecule has 0 N–H and O–H groups in total. The van der Waals surface area contributed by atoms with Crippen molar-refractivity contribution in [3.63, 3.8) is 0 Å². The van der Waals surface area contributed by atoms with Gasteiger partial charge < -0.3 is 14.4 Å². The second kappa shape index (κ2) is 7.39. The fraction of sp³-hybridized carbons (Fsp3) is 0.350. The first-order chi connectivity index (χ1) is 11.7. The number of rotatable bonds is 5. The van der Waals surface area contributed by atoms with Crippen LogP contribution in [0, 0.1) is 0 Å². The van der Waals surface area contributed by atoms with Gasteiger partial charge in [-0.3, -0.25) is 4.99 Å². The first-order valence-corrected chi connectivity index (χ1v) is 8.29. The van der Waals surface area contributed by atoms with Gasteiger partial charge in [-0.05, 0) is 55.3 Å². The van der Waals surface area contributed by atoms with E-state index in [4.69, 9.17) is 14.5 Å². The first-order valence-electron chi connectivity index (χ1n) is 8.29. The van der Waals surface area contributed by atoms with E-state index in [2.05, 4.69) is 36.1 Å². The second-order valence-electron chi connectivity index (χ2n) is 6.09. The van der Waals surface area contributed by atoms with Crippen molar-refractivity contribution in [1.29, 1.82) is 0 Å². The van der Waals surface area contributed by atoms with Crippen molar-refractivity contribution in [3.05, 3.63) is 59.7 Å². The average Bonchev–Trinajstić information content (AvgIpc) is 2.64. The highest BCUT2D eigenvalue weighted by Crippen LogP contribution is 2.21. The van der Waals surface area contributed by atoms with Crippen LogP contribution in [0.3, 0.4) is 0 Å². The van der Waals surface area contributed by atoms with Crippen molar-refractivity contribution < 1.29 is 9.47 Å². The lowest BCUT2D eigenvalue weighted by molar-refractivity contribution is 0.364. The van der Waals surface area contributed by atoms with E-state index in [0.717, 1.165) is 42.4 Å². The lowest BCUT2D eigenvalue weighted by Crippen LogP contribution is -2.38. The van der Waals surface area contributed by atoms with Gasteiger partial charge in [0.2, 0.25) is 0 Å². The summed E-state index contributed by atoms with van der Waals surface area (Å²) < 4.78 is 10.5. The van der Waals surface area contributed by atoms with E-state index >= 15 is 0 Å². The first kappa shape index (κ1) is 16.4. The van der Waals surface area contributed by atoms with Gasteiger partial charge in [0.05, 0.1) is 20.3 Å². The van der Waals surface area contributed by atoms with Crippen molar-refractivity contribution in [2.45, 2.75) is 25.9 Å². The molecule has 1 heterocycles. The molecule has 0 aliphatic carbocycles. The SMILES string of the molecule is COc1ccc(CN2CCC(C)N=C2c2ccc(OC)cc2)cc1. The van der Waals surface area contributed by atoms with E-state index in [1.807, 2.05) is 24.3 Å². The van der Waals surface area contributed by atoms with E-state index in [9.17, 15) is 0 Å². The topological polar surface area (TPSA) is 34.1 Å². The molecule has 1 atom stereocenters. The van der Waals surface area contributed by atoms with Crippen LogP contribution in [0.2, 0.25) is 0 Å². The third-order valence-corrected chi connectivity index (χ3v) is 4.34. The predicted octanol–water partition coefficient (Wildman–Crippen LogP) is 3.74. The molecule has 0 amide bonds. The molecule has 2 aromatic carbocycles. The molecule has 0 saturated carbocycles. The maximum Gasteiger partial charge on any atom is 0.131 e. The van der Waals surface area contributed by atoms with Gasteiger partial charge in [0.25, 0.3) is 0 Å². The Kier molecular flexibility index (Phi) is 5.04. The third kappa shape index (κ3) is 3.70. The van der Waals surface area contributed by atoms with Crippen LogP contribution in [0.15, 0.2) is 53.5 Å². The molecule has 1 aliphatic heterocycles. The fourth-order valence-corrected chi connectivity index (χ4v) is 2.91. The largest absolute Gasteiger partial charge is 0.497 e. The molecular formula is C20H24N2O2. The van der Waals surface area contributed by atoms with Crippen LogP contribution in [-0.4, -0.2) is 37.5 Å². The highest BCUT2D eigenvalue weighted by molar-refractivity contribution is 5.99. The molecule has 0 aromatic heterocycles. The Balaban J connectivity index is 1.82. The van der Waals surface area contributed by atoms with E-state index in [0.29, 0.717) is 6.04 Å². The van der Waals surface area contributed by atoms with Crippen LogP contribution < -0.4 is 9.47 Å². The minimum atomic E-state index is 0.356. The Hall–Kier alpha value is -2.49. The van der Waals surface area contributed by atoms with Crippen molar-refractivity contribution >= 4 is 5.84 Å². The zero-order valence-electron chi connectivity index (χ0n) is 14.5. The van der Waals surface area contributed by atoms with Gasteiger partial charge in [-0.1, -0.05) is 12.1 Å². The van der Waals surface area contributed by atoms with Gasteiger partial charge >= 0.3 is 0 Å². The Morgan fingerprint density at radius 1 is 0.958 bits per heavy atom. The summed E-state index contributed by atoms with van der Waals surface area (Å²) in [5, 5.41) is 0. The summed E-state index contributed by atoms with van der Waals surface area (Å²) in [4.78, 5) is 7.25. The monoisotopic (exact) mass is 324 g/mol. The van der Waals surface area contributed by atoms with Gasteiger partial charge in [-0.15, -0.1) is 0 Å². The molecule has 126 valence electrons. The maximum absolute atomic E-state index is 5.26. The number of aliphatic imine (C=N–C) groups is 1. The number of nitrogens with zero attached hydrogens (tertiary/aromatic N) is 2. The highest BCUT2D eigenvalue weighted by Gasteiger charge is 2.20. The van der Waals surface area contributed by atoms with Gasteiger partial charge in [-0.2, -0.15) is 0 Å². The van der Waals surface area contributed by atoms with Crippen molar-refractivity contribution in [1.82, 2.24) is 4.90 Å². The molecule has 2 aromatic rings. The normalized spacial score (nSPS) is 17.4. The quantitative estimate of drug-likeness (QED) is 0.840. The van der Waals surface area contributed by atoms with Crippen LogP contribution in [0.25, 0.3) is 0 Å². The lowest BCUT2D eigenvalue weighted by Gasteiger charge is -2.32. The predicted molar refractivity (Wildman–Crippen MR) is 97.0 cm³/mol. The maximum atomic E-state index is 5.26. The minimum Gasteiger partial charge on any atom is -0.497 e. The zero-order valence-corrected chi connectivity index (χ0v) is 14.5. The fourth-order valence-electron chi connectivity index (χ4n) is 2.91.